The SMILES string of the molecule is CCS(=O)(=O)N1CC(C(=O)Nc2ccc(S(=O)(=O)Nc3ccc(C)c(Cl)c3)cc2)Oc2ccccc21. The highest BCUT2D eigenvalue weighted by atomic mass is 35.5. The lowest BCUT2D eigenvalue weighted by Crippen LogP contribution is -2.49. The van der Waals surface area contributed by atoms with Gasteiger partial charge in [0.2, 0.25) is 10.0 Å². The molecule has 1 amide bonds. The van der Waals surface area contributed by atoms with Crippen LogP contribution >= 0.6 is 11.6 Å². The van der Waals surface area contributed by atoms with Crippen LogP contribution in [-0.2, 0) is 24.8 Å². The second kappa shape index (κ2) is 10.00. The zero-order chi connectivity index (χ0) is 26.1. The molecule has 4 rings (SSSR count). The summed E-state index contributed by atoms with van der Waals surface area (Å²) in [5.41, 5.74) is 1.84. The molecule has 2 N–H and O–H groups in total. The van der Waals surface area contributed by atoms with Crippen molar-refractivity contribution in [2.75, 3.05) is 26.6 Å². The Morgan fingerprint density at radius 3 is 2.36 bits per heavy atom. The van der Waals surface area contributed by atoms with Crippen molar-refractivity contribution in [1.29, 1.82) is 0 Å². The summed E-state index contributed by atoms with van der Waals surface area (Å²) < 4.78 is 60.1. The molecule has 190 valence electrons. The summed E-state index contributed by atoms with van der Waals surface area (Å²) in [7, 11) is -7.52. The smallest absolute Gasteiger partial charge is 0.267 e. The van der Waals surface area contributed by atoms with Crippen molar-refractivity contribution in [3.05, 3.63) is 77.3 Å². The number of fused-ring (bicyclic) bond motifs is 1. The second-order valence-corrected chi connectivity index (χ2v) is 12.4. The Morgan fingerprint density at radius 1 is 1.03 bits per heavy atom. The molecule has 0 aromatic heterocycles. The summed E-state index contributed by atoms with van der Waals surface area (Å²) in [5, 5.41) is 3.09. The van der Waals surface area contributed by atoms with Gasteiger partial charge in [0.1, 0.15) is 5.75 Å². The number of anilines is 3. The Balaban J connectivity index is 1.48. The predicted octanol–water partition coefficient (Wildman–Crippen LogP) is 4.01. The summed E-state index contributed by atoms with van der Waals surface area (Å²) in [5.74, 6) is -0.414. The van der Waals surface area contributed by atoms with Crippen molar-refractivity contribution in [2.45, 2.75) is 24.8 Å². The van der Waals surface area contributed by atoms with Crippen LogP contribution in [0.1, 0.15) is 12.5 Å². The number of ether oxygens (including phenoxy) is 1. The van der Waals surface area contributed by atoms with Crippen LogP contribution in [0.3, 0.4) is 0 Å². The van der Waals surface area contributed by atoms with Gasteiger partial charge >= 0.3 is 0 Å². The minimum atomic E-state index is -3.89. The molecule has 9 nitrogen and oxygen atoms in total. The van der Waals surface area contributed by atoms with Gasteiger partial charge < -0.3 is 10.1 Å². The van der Waals surface area contributed by atoms with E-state index in [1.165, 1.54) is 41.6 Å². The molecule has 36 heavy (non-hydrogen) atoms. The van der Waals surface area contributed by atoms with E-state index in [1.54, 1.807) is 36.4 Å². The zero-order valence-corrected chi connectivity index (χ0v) is 21.8. The number of nitrogens with one attached hydrogen (secondary N) is 2. The molecule has 1 atom stereocenters. The Kier molecular flexibility index (Phi) is 7.17. The predicted molar refractivity (Wildman–Crippen MR) is 140 cm³/mol. The first-order valence-corrected chi connectivity index (χ1v) is 14.4. The number of carbonyl (C=O) groups is 1. The normalized spacial score (nSPS) is 15.5. The summed E-state index contributed by atoms with van der Waals surface area (Å²) in [6.45, 7) is 3.15. The van der Waals surface area contributed by atoms with E-state index in [0.717, 1.165) is 5.56 Å². The van der Waals surface area contributed by atoms with Gasteiger partial charge in [-0.3, -0.25) is 13.8 Å². The standard InChI is InChI=1S/C24H24ClN3O6S2/c1-3-35(30,31)28-15-23(34-22-7-5-4-6-21(22)28)24(29)26-17-10-12-19(13-11-17)36(32,33)27-18-9-8-16(2)20(25)14-18/h4-14,23,27H,3,15H2,1-2H3,(H,26,29). The number of aryl methyl sites for hydroxylation is 1. The van der Waals surface area contributed by atoms with Gasteiger partial charge in [0.25, 0.3) is 15.9 Å². The molecular weight excluding hydrogens is 526 g/mol. The number of sulfonamides is 2. The molecule has 0 spiro atoms. The monoisotopic (exact) mass is 549 g/mol. The molecule has 0 saturated carbocycles. The highest BCUT2D eigenvalue weighted by Gasteiger charge is 2.36. The van der Waals surface area contributed by atoms with Crippen molar-refractivity contribution < 1.29 is 26.4 Å². The third kappa shape index (κ3) is 5.43. The maximum absolute atomic E-state index is 12.9. The van der Waals surface area contributed by atoms with Gasteiger partial charge in [0, 0.05) is 10.7 Å². The fraction of sp³-hybridized carbons (Fsp3) is 0.208. The molecule has 0 fully saturated rings. The molecule has 1 unspecified atom stereocenters. The number of nitrogens with zero attached hydrogens (tertiary/aromatic N) is 1. The van der Waals surface area contributed by atoms with Gasteiger partial charge in [-0.1, -0.05) is 29.8 Å². The number of para-hydroxylation sites is 2. The van der Waals surface area contributed by atoms with Crippen LogP contribution in [0.4, 0.5) is 17.1 Å². The topological polar surface area (TPSA) is 122 Å². The Hall–Kier alpha value is -3.28. The number of hydrogen-bond donors (Lipinski definition) is 2. The average Bonchev–Trinajstić information content (AvgIpc) is 2.85. The Morgan fingerprint density at radius 2 is 1.69 bits per heavy atom. The van der Waals surface area contributed by atoms with Crippen LogP contribution in [0.25, 0.3) is 0 Å². The van der Waals surface area contributed by atoms with E-state index in [4.69, 9.17) is 16.3 Å². The van der Waals surface area contributed by atoms with Gasteiger partial charge in [-0.2, -0.15) is 0 Å². The minimum Gasteiger partial charge on any atom is -0.476 e. The second-order valence-electron chi connectivity index (χ2n) is 8.09. The fourth-order valence-electron chi connectivity index (χ4n) is 3.57. The van der Waals surface area contributed by atoms with Crippen molar-refractivity contribution in [3.8, 4) is 5.75 Å². The van der Waals surface area contributed by atoms with Crippen molar-refractivity contribution in [1.82, 2.24) is 0 Å². The van der Waals surface area contributed by atoms with Crippen LogP contribution in [0.5, 0.6) is 5.75 Å². The van der Waals surface area contributed by atoms with E-state index in [1.807, 2.05) is 6.92 Å². The minimum absolute atomic E-state index is 0.0137. The number of halogens is 1. The highest BCUT2D eigenvalue weighted by molar-refractivity contribution is 7.93. The van der Waals surface area contributed by atoms with E-state index >= 15 is 0 Å². The van der Waals surface area contributed by atoms with E-state index in [-0.39, 0.29) is 22.9 Å². The molecule has 0 radical (unpaired) electrons. The maximum Gasteiger partial charge on any atom is 0.267 e. The van der Waals surface area contributed by atoms with Crippen molar-refractivity contribution in [2.24, 2.45) is 0 Å². The molecule has 1 aliphatic rings. The lowest BCUT2D eigenvalue weighted by molar-refractivity contribution is -0.122. The summed E-state index contributed by atoms with van der Waals surface area (Å²) in [6, 6.07) is 17.0. The molecule has 3 aromatic rings. The number of rotatable bonds is 7. The highest BCUT2D eigenvalue weighted by Crippen LogP contribution is 2.35. The first-order valence-electron chi connectivity index (χ1n) is 11.0. The largest absolute Gasteiger partial charge is 0.476 e. The summed E-state index contributed by atoms with van der Waals surface area (Å²) in [4.78, 5) is 12.9. The number of carbonyl (C=O) groups excluding carboxylic acids is 1. The number of amides is 1. The first-order chi connectivity index (χ1) is 17.0. The van der Waals surface area contributed by atoms with E-state index in [0.29, 0.717) is 22.1 Å². The van der Waals surface area contributed by atoms with E-state index in [9.17, 15) is 21.6 Å². The third-order valence-electron chi connectivity index (χ3n) is 5.58. The molecular formula is C24H24ClN3O6S2. The van der Waals surface area contributed by atoms with Crippen LogP contribution in [0.2, 0.25) is 5.02 Å². The van der Waals surface area contributed by atoms with Crippen LogP contribution in [-0.4, -0.2) is 41.1 Å². The molecule has 12 heteroatoms. The Bertz CT molecular complexity index is 1510. The third-order valence-corrected chi connectivity index (χ3v) is 9.14. The quantitative estimate of drug-likeness (QED) is 0.459. The Labute approximate surface area is 215 Å². The van der Waals surface area contributed by atoms with Crippen LogP contribution < -0.4 is 19.1 Å². The van der Waals surface area contributed by atoms with Gasteiger partial charge in [0.05, 0.1) is 28.6 Å². The number of hydrogen-bond acceptors (Lipinski definition) is 6. The van der Waals surface area contributed by atoms with E-state index < -0.39 is 32.1 Å². The van der Waals surface area contributed by atoms with Crippen molar-refractivity contribution in [3.63, 3.8) is 0 Å². The molecule has 3 aromatic carbocycles. The van der Waals surface area contributed by atoms with Crippen molar-refractivity contribution >= 4 is 54.6 Å². The molecule has 0 aliphatic carbocycles. The maximum atomic E-state index is 12.9. The summed E-state index contributed by atoms with van der Waals surface area (Å²) in [6.07, 6.45) is -1.10. The fourth-order valence-corrected chi connectivity index (χ4v) is 5.92. The van der Waals surface area contributed by atoms with Crippen LogP contribution in [0.15, 0.2) is 71.6 Å². The summed E-state index contributed by atoms with van der Waals surface area (Å²) >= 11 is 6.07. The van der Waals surface area contributed by atoms with Gasteiger partial charge in [-0.05, 0) is 67.9 Å². The molecule has 1 heterocycles. The van der Waals surface area contributed by atoms with Gasteiger partial charge in [-0.25, -0.2) is 16.8 Å². The van der Waals surface area contributed by atoms with Gasteiger partial charge in [0.15, 0.2) is 6.10 Å². The molecule has 1 aliphatic heterocycles. The van der Waals surface area contributed by atoms with Crippen LogP contribution in [0, 0.1) is 6.92 Å². The lowest BCUT2D eigenvalue weighted by atomic mass is 10.2. The molecule has 0 saturated heterocycles. The average molecular weight is 550 g/mol. The first kappa shape index (κ1) is 25.8. The van der Waals surface area contributed by atoms with E-state index in [2.05, 4.69) is 10.0 Å². The zero-order valence-electron chi connectivity index (χ0n) is 19.4. The lowest BCUT2D eigenvalue weighted by Gasteiger charge is -2.34. The number of benzene rings is 3. The van der Waals surface area contributed by atoms with Gasteiger partial charge in [-0.15, -0.1) is 0 Å². The molecule has 0 bridgehead atoms.